The molecule has 0 aliphatic carbocycles. The largest absolute Gasteiger partial charge is 0.455 e. The van der Waals surface area contributed by atoms with Gasteiger partial charge in [-0.05, 0) is 49.2 Å². The van der Waals surface area contributed by atoms with Crippen LogP contribution in [0, 0.1) is 6.92 Å². The van der Waals surface area contributed by atoms with Crippen LogP contribution in [0.5, 0.6) is 0 Å². The molecular formula is C20H16N2O3. The lowest BCUT2D eigenvalue weighted by Gasteiger charge is -2.07. The molecule has 4 rings (SSSR count). The lowest BCUT2D eigenvalue weighted by Crippen LogP contribution is -2.06. The maximum Gasteiger partial charge on any atom is 0.200 e. The van der Waals surface area contributed by atoms with Crippen molar-refractivity contribution in [1.82, 2.24) is 9.78 Å². The summed E-state index contributed by atoms with van der Waals surface area (Å²) < 4.78 is 7.71. The van der Waals surface area contributed by atoms with Crippen molar-refractivity contribution >= 4 is 27.7 Å². The summed E-state index contributed by atoms with van der Waals surface area (Å²) in [6.07, 6.45) is 3.65. The molecule has 0 bridgehead atoms. The summed E-state index contributed by atoms with van der Waals surface area (Å²) in [5, 5.41) is 5.10. The van der Waals surface area contributed by atoms with Crippen molar-refractivity contribution in [3.63, 3.8) is 0 Å². The zero-order chi connectivity index (χ0) is 17.7. The molecule has 0 aliphatic rings. The normalized spacial score (nSPS) is 11.3. The van der Waals surface area contributed by atoms with E-state index in [2.05, 4.69) is 5.10 Å². The van der Waals surface area contributed by atoms with Crippen LogP contribution in [-0.4, -0.2) is 15.6 Å². The highest BCUT2D eigenvalue weighted by atomic mass is 16.3. The molecule has 0 atom stereocenters. The first-order chi connectivity index (χ1) is 11.9. The minimum Gasteiger partial charge on any atom is -0.455 e. The van der Waals surface area contributed by atoms with Gasteiger partial charge >= 0.3 is 0 Å². The van der Waals surface area contributed by atoms with Gasteiger partial charge in [-0.1, -0.05) is 6.07 Å². The molecule has 5 heteroatoms. The van der Waals surface area contributed by atoms with Crippen LogP contribution in [-0.2, 0) is 7.05 Å². The summed E-state index contributed by atoms with van der Waals surface area (Å²) >= 11 is 0. The molecule has 2 heterocycles. The highest BCUT2D eigenvalue weighted by Gasteiger charge is 2.15. The Morgan fingerprint density at radius 1 is 1.12 bits per heavy atom. The molecule has 0 aliphatic heterocycles. The average molecular weight is 332 g/mol. The summed E-state index contributed by atoms with van der Waals surface area (Å²) in [7, 11) is 1.85. The van der Waals surface area contributed by atoms with E-state index in [1.54, 1.807) is 29.1 Å². The molecule has 0 radical (unpaired) electrons. The van der Waals surface area contributed by atoms with E-state index in [1.165, 1.54) is 6.92 Å². The fraction of sp³-hybridized carbons (Fsp3) is 0.150. The van der Waals surface area contributed by atoms with Crippen LogP contribution in [0.4, 0.5) is 0 Å². The van der Waals surface area contributed by atoms with Crippen molar-refractivity contribution in [3.8, 4) is 11.1 Å². The molecular weight excluding hydrogens is 316 g/mol. The number of carbonyl (C=O) groups excluding carboxylic acids is 1. The van der Waals surface area contributed by atoms with Crippen LogP contribution in [0.15, 0.2) is 51.9 Å². The molecule has 5 nitrogen and oxygen atoms in total. The molecule has 0 fully saturated rings. The lowest BCUT2D eigenvalue weighted by molar-refractivity contribution is 0.101. The number of nitrogens with zero attached hydrogens (tertiary/aromatic N) is 2. The fourth-order valence-corrected chi connectivity index (χ4v) is 3.11. The van der Waals surface area contributed by atoms with Crippen molar-refractivity contribution in [2.24, 2.45) is 7.05 Å². The van der Waals surface area contributed by atoms with Crippen LogP contribution in [0.25, 0.3) is 33.1 Å². The number of carbonyl (C=O) groups is 1. The maximum atomic E-state index is 12.9. The SMILES string of the molecule is CC(=O)c1cc(C)cc2c(=O)c3ccc(-c4cnn(C)c4)cc3oc12. The van der Waals surface area contributed by atoms with E-state index in [4.69, 9.17) is 4.42 Å². The van der Waals surface area contributed by atoms with Gasteiger partial charge in [0.2, 0.25) is 5.43 Å². The second-order valence-electron chi connectivity index (χ2n) is 6.29. The average Bonchev–Trinajstić information content (AvgIpc) is 3.01. The quantitative estimate of drug-likeness (QED) is 0.413. The number of aromatic nitrogens is 2. The zero-order valence-corrected chi connectivity index (χ0v) is 14.2. The van der Waals surface area contributed by atoms with Gasteiger partial charge in [-0.25, -0.2) is 0 Å². The molecule has 0 N–H and O–H groups in total. The van der Waals surface area contributed by atoms with Gasteiger partial charge in [0.1, 0.15) is 11.2 Å². The highest BCUT2D eigenvalue weighted by molar-refractivity contribution is 6.06. The van der Waals surface area contributed by atoms with Crippen molar-refractivity contribution in [2.75, 3.05) is 0 Å². The first-order valence-electron chi connectivity index (χ1n) is 7.95. The second-order valence-corrected chi connectivity index (χ2v) is 6.29. The van der Waals surface area contributed by atoms with Crippen molar-refractivity contribution < 1.29 is 9.21 Å². The Morgan fingerprint density at radius 2 is 1.92 bits per heavy atom. The number of aryl methyl sites for hydroxylation is 2. The second kappa shape index (κ2) is 5.41. The van der Waals surface area contributed by atoms with E-state index in [1.807, 2.05) is 32.3 Å². The van der Waals surface area contributed by atoms with E-state index in [9.17, 15) is 9.59 Å². The summed E-state index contributed by atoms with van der Waals surface area (Å²) in [6, 6.07) is 8.98. The van der Waals surface area contributed by atoms with Crippen LogP contribution >= 0.6 is 0 Å². The predicted octanol–water partition coefficient (Wildman–Crippen LogP) is 3.86. The number of hydrogen-bond acceptors (Lipinski definition) is 4. The van der Waals surface area contributed by atoms with Crippen molar-refractivity contribution in [1.29, 1.82) is 0 Å². The molecule has 2 aromatic carbocycles. The predicted molar refractivity (Wildman–Crippen MR) is 96.9 cm³/mol. The molecule has 0 amide bonds. The Labute approximate surface area is 143 Å². The lowest BCUT2D eigenvalue weighted by atomic mass is 10.0. The number of Topliss-reactive ketones (excluding diaryl/α,β-unsaturated/α-hetero) is 1. The first-order valence-corrected chi connectivity index (χ1v) is 7.95. The zero-order valence-electron chi connectivity index (χ0n) is 14.2. The highest BCUT2D eigenvalue weighted by Crippen LogP contribution is 2.27. The van der Waals surface area contributed by atoms with E-state index in [0.29, 0.717) is 27.5 Å². The number of ketones is 1. The third-order valence-electron chi connectivity index (χ3n) is 4.33. The smallest absolute Gasteiger partial charge is 0.200 e. The third-order valence-corrected chi connectivity index (χ3v) is 4.33. The van der Waals surface area contributed by atoms with Crippen LogP contribution in [0.1, 0.15) is 22.8 Å². The van der Waals surface area contributed by atoms with Gasteiger partial charge in [0.05, 0.1) is 22.5 Å². The molecule has 2 aromatic heterocycles. The van der Waals surface area contributed by atoms with Crippen LogP contribution < -0.4 is 5.43 Å². The topological polar surface area (TPSA) is 65.1 Å². The van der Waals surface area contributed by atoms with Crippen molar-refractivity contribution in [3.05, 3.63) is 64.1 Å². The Hall–Kier alpha value is -3.21. The minimum absolute atomic E-state index is 0.125. The summed E-state index contributed by atoms with van der Waals surface area (Å²) in [6.45, 7) is 3.34. The van der Waals surface area contributed by atoms with E-state index in [0.717, 1.165) is 16.7 Å². The molecule has 0 unspecified atom stereocenters. The number of hydrogen-bond donors (Lipinski definition) is 0. The van der Waals surface area contributed by atoms with Gasteiger partial charge in [0, 0.05) is 18.8 Å². The Bertz CT molecular complexity index is 1220. The molecule has 0 saturated heterocycles. The standard InChI is InChI=1S/C20H16N2O3/c1-11-6-16(12(2)23)20-17(7-11)19(24)15-5-4-13(8-18(15)25-20)14-9-21-22(3)10-14/h4-10H,1-3H3. The summed E-state index contributed by atoms with van der Waals surface area (Å²) in [5.41, 5.74) is 3.81. The fourth-order valence-electron chi connectivity index (χ4n) is 3.11. The molecule has 25 heavy (non-hydrogen) atoms. The van der Waals surface area contributed by atoms with E-state index >= 15 is 0 Å². The number of fused-ring (bicyclic) bond motifs is 2. The van der Waals surface area contributed by atoms with Gasteiger partial charge in [-0.2, -0.15) is 5.10 Å². The summed E-state index contributed by atoms with van der Waals surface area (Å²) in [4.78, 5) is 24.9. The Morgan fingerprint density at radius 3 is 2.60 bits per heavy atom. The molecule has 0 spiro atoms. The van der Waals surface area contributed by atoms with E-state index in [-0.39, 0.29) is 11.2 Å². The van der Waals surface area contributed by atoms with Gasteiger partial charge in [-0.15, -0.1) is 0 Å². The minimum atomic E-state index is -0.125. The Balaban J connectivity index is 2.08. The third kappa shape index (κ3) is 2.45. The molecule has 0 saturated carbocycles. The van der Waals surface area contributed by atoms with Gasteiger partial charge in [0.15, 0.2) is 5.78 Å². The number of benzene rings is 2. The summed E-state index contributed by atoms with van der Waals surface area (Å²) in [5.74, 6) is -0.125. The van der Waals surface area contributed by atoms with Gasteiger partial charge in [0.25, 0.3) is 0 Å². The van der Waals surface area contributed by atoms with Crippen LogP contribution in [0.3, 0.4) is 0 Å². The van der Waals surface area contributed by atoms with Gasteiger partial charge in [-0.3, -0.25) is 14.3 Å². The van der Waals surface area contributed by atoms with Gasteiger partial charge < -0.3 is 4.42 Å². The van der Waals surface area contributed by atoms with E-state index < -0.39 is 0 Å². The monoisotopic (exact) mass is 332 g/mol. The molecule has 124 valence electrons. The molecule has 4 aromatic rings. The van der Waals surface area contributed by atoms with Crippen LogP contribution in [0.2, 0.25) is 0 Å². The Kier molecular flexibility index (Phi) is 3.32. The number of rotatable bonds is 2. The maximum absolute atomic E-state index is 12.9. The first kappa shape index (κ1) is 15.3. The van der Waals surface area contributed by atoms with Crippen molar-refractivity contribution in [2.45, 2.75) is 13.8 Å².